The third-order valence-electron chi connectivity index (χ3n) is 5.07. The highest BCUT2D eigenvalue weighted by Gasteiger charge is 2.26. The Hall–Kier alpha value is -1.96. The van der Waals surface area contributed by atoms with Crippen LogP contribution in [0.5, 0.6) is 0 Å². The number of benzene rings is 2. The van der Waals surface area contributed by atoms with E-state index in [0.717, 1.165) is 37.7 Å². The Morgan fingerprint density at radius 1 is 1.03 bits per heavy atom. The molecule has 1 unspecified atom stereocenters. The minimum atomic E-state index is -0.272. The zero-order valence-electron chi connectivity index (χ0n) is 16.7. The van der Waals surface area contributed by atoms with E-state index in [0.29, 0.717) is 6.61 Å². The number of rotatable bonds is 9. The Morgan fingerprint density at radius 2 is 1.69 bits per heavy atom. The number of nitrogens with one attached hydrogen (secondary N) is 1. The standard InChI is InChI=1S/C22H28ClN3O3/c1-28-24-21(27)17-29-16-15-25-11-13-26(14-12-25)22(18-5-3-2-4-6-18)19-7-9-20(23)10-8-19/h2-10,22H,11-17H2,1H3,(H,24,27). The van der Waals surface area contributed by atoms with E-state index in [9.17, 15) is 4.79 Å². The van der Waals surface area contributed by atoms with Crippen molar-refractivity contribution in [2.24, 2.45) is 0 Å². The Kier molecular flexibility index (Phi) is 8.46. The van der Waals surface area contributed by atoms with Crippen LogP contribution in [-0.4, -0.2) is 68.8 Å². The summed E-state index contributed by atoms with van der Waals surface area (Å²) in [5, 5.41) is 0.754. The molecule has 3 rings (SSSR count). The Balaban J connectivity index is 1.55. The summed E-state index contributed by atoms with van der Waals surface area (Å²) in [6.07, 6.45) is 0. The van der Waals surface area contributed by atoms with Crippen molar-refractivity contribution in [3.8, 4) is 0 Å². The highest BCUT2D eigenvalue weighted by molar-refractivity contribution is 6.30. The van der Waals surface area contributed by atoms with Crippen LogP contribution in [0.3, 0.4) is 0 Å². The van der Waals surface area contributed by atoms with Gasteiger partial charge in [-0.15, -0.1) is 0 Å². The number of hydrogen-bond acceptors (Lipinski definition) is 5. The number of halogens is 1. The van der Waals surface area contributed by atoms with Crippen molar-refractivity contribution in [2.45, 2.75) is 6.04 Å². The number of hydroxylamine groups is 1. The smallest absolute Gasteiger partial charge is 0.269 e. The maximum absolute atomic E-state index is 11.3. The number of amides is 1. The maximum Gasteiger partial charge on any atom is 0.269 e. The van der Waals surface area contributed by atoms with Crippen LogP contribution >= 0.6 is 11.6 Å². The SMILES string of the molecule is CONC(=O)COCCN1CCN(C(c2ccccc2)c2ccc(Cl)cc2)CC1. The van der Waals surface area contributed by atoms with Crippen LogP contribution in [0.25, 0.3) is 0 Å². The molecule has 1 N–H and O–H groups in total. The molecule has 2 aromatic carbocycles. The topological polar surface area (TPSA) is 54.0 Å². The fourth-order valence-corrected chi connectivity index (χ4v) is 3.77. The Bertz CT molecular complexity index is 750. The zero-order chi connectivity index (χ0) is 20.5. The lowest BCUT2D eigenvalue weighted by Gasteiger charge is -2.39. The van der Waals surface area contributed by atoms with Gasteiger partial charge in [-0.05, 0) is 23.3 Å². The molecular formula is C22H28ClN3O3. The quantitative estimate of drug-likeness (QED) is 0.502. The fraction of sp³-hybridized carbons (Fsp3) is 0.409. The molecule has 0 aromatic heterocycles. The molecule has 1 amide bonds. The van der Waals surface area contributed by atoms with Crippen LogP contribution in [0.4, 0.5) is 0 Å². The van der Waals surface area contributed by atoms with Gasteiger partial charge in [0, 0.05) is 37.7 Å². The van der Waals surface area contributed by atoms with Gasteiger partial charge in [0.05, 0.1) is 19.8 Å². The molecule has 1 fully saturated rings. The van der Waals surface area contributed by atoms with Crippen LogP contribution in [0.2, 0.25) is 5.02 Å². The largest absolute Gasteiger partial charge is 0.370 e. The summed E-state index contributed by atoms with van der Waals surface area (Å²) in [6, 6.07) is 19.0. The molecule has 1 aliphatic rings. The second-order valence-corrected chi connectivity index (χ2v) is 7.46. The van der Waals surface area contributed by atoms with E-state index >= 15 is 0 Å². The molecule has 7 heteroatoms. The minimum absolute atomic E-state index is 0.0143. The van der Waals surface area contributed by atoms with Gasteiger partial charge in [0.2, 0.25) is 0 Å². The molecule has 1 saturated heterocycles. The van der Waals surface area contributed by atoms with E-state index in [1.54, 1.807) is 0 Å². The predicted molar refractivity (Wildman–Crippen MR) is 114 cm³/mol. The van der Waals surface area contributed by atoms with Gasteiger partial charge >= 0.3 is 0 Å². The Labute approximate surface area is 177 Å². The van der Waals surface area contributed by atoms with Crippen LogP contribution in [0.1, 0.15) is 17.2 Å². The zero-order valence-corrected chi connectivity index (χ0v) is 17.5. The Morgan fingerprint density at radius 3 is 2.34 bits per heavy atom. The normalized spacial score (nSPS) is 16.5. The summed E-state index contributed by atoms with van der Waals surface area (Å²) in [7, 11) is 1.41. The summed E-state index contributed by atoms with van der Waals surface area (Å²) in [6.45, 7) is 5.20. The molecule has 6 nitrogen and oxygen atoms in total. The number of hydrogen-bond donors (Lipinski definition) is 1. The molecule has 0 radical (unpaired) electrons. The average molecular weight is 418 g/mol. The summed E-state index contributed by atoms with van der Waals surface area (Å²) >= 11 is 6.10. The highest BCUT2D eigenvalue weighted by atomic mass is 35.5. The number of nitrogens with zero attached hydrogens (tertiary/aromatic N) is 2. The van der Waals surface area contributed by atoms with Gasteiger partial charge in [-0.1, -0.05) is 54.1 Å². The van der Waals surface area contributed by atoms with E-state index < -0.39 is 0 Å². The first-order valence-electron chi connectivity index (χ1n) is 9.84. The van der Waals surface area contributed by atoms with Crippen molar-refractivity contribution in [3.05, 3.63) is 70.7 Å². The van der Waals surface area contributed by atoms with Crippen LogP contribution in [-0.2, 0) is 14.4 Å². The molecule has 0 bridgehead atoms. The second-order valence-electron chi connectivity index (χ2n) is 7.02. The molecule has 0 spiro atoms. The summed E-state index contributed by atoms with van der Waals surface area (Å²) < 4.78 is 5.42. The van der Waals surface area contributed by atoms with Gasteiger partial charge in [0.25, 0.3) is 5.91 Å². The van der Waals surface area contributed by atoms with Crippen molar-refractivity contribution in [3.63, 3.8) is 0 Å². The lowest BCUT2D eigenvalue weighted by atomic mass is 9.96. The average Bonchev–Trinajstić information content (AvgIpc) is 2.75. The van der Waals surface area contributed by atoms with E-state index in [1.807, 2.05) is 18.2 Å². The molecule has 1 aliphatic heterocycles. The molecule has 1 atom stereocenters. The molecule has 2 aromatic rings. The molecule has 29 heavy (non-hydrogen) atoms. The first-order valence-corrected chi connectivity index (χ1v) is 10.2. The van der Waals surface area contributed by atoms with Crippen LogP contribution < -0.4 is 5.48 Å². The van der Waals surface area contributed by atoms with Gasteiger partial charge in [0.1, 0.15) is 6.61 Å². The molecule has 0 saturated carbocycles. The third-order valence-corrected chi connectivity index (χ3v) is 5.33. The number of carbonyl (C=O) groups is 1. The molecule has 0 aliphatic carbocycles. The monoisotopic (exact) mass is 417 g/mol. The minimum Gasteiger partial charge on any atom is -0.370 e. The number of piperazine rings is 1. The third kappa shape index (κ3) is 6.52. The first kappa shape index (κ1) is 21.7. The van der Waals surface area contributed by atoms with Crippen molar-refractivity contribution in [1.29, 1.82) is 0 Å². The number of ether oxygens (including phenoxy) is 1. The van der Waals surface area contributed by atoms with Crippen molar-refractivity contribution in [1.82, 2.24) is 15.3 Å². The predicted octanol–water partition coefficient (Wildman–Crippen LogP) is 2.74. The van der Waals surface area contributed by atoms with E-state index in [4.69, 9.17) is 16.3 Å². The molecule has 1 heterocycles. The maximum atomic E-state index is 11.3. The molecular weight excluding hydrogens is 390 g/mol. The van der Waals surface area contributed by atoms with Crippen LogP contribution in [0.15, 0.2) is 54.6 Å². The summed E-state index contributed by atoms with van der Waals surface area (Å²) in [4.78, 5) is 20.8. The van der Waals surface area contributed by atoms with Gasteiger partial charge in [-0.3, -0.25) is 19.4 Å². The second kappa shape index (κ2) is 11.3. The molecule has 156 valence electrons. The van der Waals surface area contributed by atoms with Gasteiger partial charge in [-0.25, -0.2) is 5.48 Å². The highest BCUT2D eigenvalue weighted by Crippen LogP contribution is 2.30. The number of carbonyl (C=O) groups excluding carboxylic acids is 1. The van der Waals surface area contributed by atoms with E-state index in [1.165, 1.54) is 18.2 Å². The van der Waals surface area contributed by atoms with E-state index in [-0.39, 0.29) is 18.6 Å². The van der Waals surface area contributed by atoms with Crippen molar-refractivity contribution < 1.29 is 14.4 Å². The van der Waals surface area contributed by atoms with Crippen molar-refractivity contribution in [2.75, 3.05) is 53.0 Å². The van der Waals surface area contributed by atoms with Crippen LogP contribution in [0, 0.1) is 0 Å². The van der Waals surface area contributed by atoms with Gasteiger partial charge < -0.3 is 4.74 Å². The van der Waals surface area contributed by atoms with Crippen molar-refractivity contribution >= 4 is 17.5 Å². The van der Waals surface area contributed by atoms with Gasteiger partial charge in [0.15, 0.2) is 0 Å². The van der Waals surface area contributed by atoms with Gasteiger partial charge in [-0.2, -0.15) is 0 Å². The lowest BCUT2D eigenvalue weighted by molar-refractivity contribution is -0.136. The van der Waals surface area contributed by atoms with E-state index in [2.05, 4.69) is 56.5 Å². The fourth-order valence-electron chi connectivity index (χ4n) is 3.64. The summed E-state index contributed by atoms with van der Waals surface area (Å²) in [5.41, 5.74) is 4.78. The summed E-state index contributed by atoms with van der Waals surface area (Å²) in [5.74, 6) is -0.272. The lowest BCUT2D eigenvalue weighted by Crippen LogP contribution is -2.48. The first-order chi connectivity index (χ1) is 14.2.